The minimum absolute atomic E-state index is 0.0817. The number of carbonyl (C=O) groups is 2. The number of hydrogen-bond donors (Lipinski definition) is 4. The van der Waals surface area contributed by atoms with Crippen LogP contribution in [0.15, 0.2) is 42.6 Å². The van der Waals surface area contributed by atoms with Crippen LogP contribution in [-0.4, -0.2) is 83.4 Å². The highest BCUT2D eigenvalue weighted by Crippen LogP contribution is 2.25. The molecule has 0 aliphatic carbocycles. The number of hydrogen-bond acceptors (Lipinski definition) is 7. The summed E-state index contributed by atoms with van der Waals surface area (Å²) in [5.41, 5.74) is 1.86. The Morgan fingerprint density at radius 3 is 2.22 bits per heavy atom. The largest absolute Gasteiger partial charge is 0.394 e. The number of piperazine rings is 1. The minimum Gasteiger partial charge on any atom is -0.394 e. The average molecular weight is 442 g/mol. The molecule has 172 valence electrons. The van der Waals surface area contributed by atoms with E-state index in [-0.39, 0.29) is 19.1 Å². The zero-order valence-corrected chi connectivity index (χ0v) is 18.5. The summed E-state index contributed by atoms with van der Waals surface area (Å²) in [4.78, 5) is 33.6. The van der Waals surface area contributed by atoms with Gasteiger partial charge in [0.25, 0.3) is 11.8 Å². The number of pyridine rings is 1. The summed E-state index contributed by atoms with van der Waals surface area (Å²) in [7, 11) is 0. The highest BCUT2D eigenvalue weighted by molar-refractivity contribution is 5.98. The van der Waals surface area contributed by atoms with Crippen molar-refractivity contribution in [3.8, 4) is 0 Å². The molecule has 1 saturated heterocycles. The second-order valence-corrected chi connectivity index (χ2v) is 8.07. The minimum atomic E-state index is -0.713. The quantitative estimate of drug-likeness (QED) is 0.482. The molecule has 0 saturated carbocycles. The Morgan fingerprint density at radius 1 is 1.00 bits per heavy atom. The lowest BCUT2D eigenvalue weighted by Gasteiger charge is -2.36. The summed E-state index contributed by atoms with van der Waals surface area (Å²) < 4.78 is 0. The number of rotatable bonds is 8. The van der Waals surface area contributed by atoms with Crippen molar-refractivity contribution in [2.75, 3.05) is 49.6 Å². The van der Waals surface area contributed by atoms with Crippen molar-refractivity contribution in [3.05, 3.63) is 53.7 Å². The molecule has 9 nitrogen and oxygen atoms in total. The monoisotopic (exact) mass is 441 g/mol. The maximum absolute atomic E-state index is 12.9. The first-order chi connectivity index (χ1) is 15.4. The molecule has 0 unspecified atom stereocenters. The van der Waals surface area contributed by atoms with Crippen molar-refractivity contribution in [2.45, 2.75) is 25.9 Å². The zero-order chi connectivity index (χ0) is 23.1. The third kappa shape index (κ3) is 5.74. The lowest BCUT2D eigenvalue weighted by molar-refractivity contribution is 0.0745. The van der Waals surface area contributed by atoms with Crippen LogP contribution in [0.5, 0.6) is 0 Å². The fourth-order valence-electron chi connectivity index (χ4n) is 3.56. The molecular formula is C23H31N5O4. The topological polar surface area (TPSA) is 118 Å². The number of aromatic nitrogens is 1. The molecule has 1 aliphatic heterocycles. The molecule has 1 aliphatic rings. The van der Waals surface area contributed by atoms with Gasteiger partial charge in [-0.1, -0.05) is 0 Å². The van der Waals surface area contributed by atoms with Crippen LogP contribution in [0.1, 0.15) is 34.6 Å². The van der Waals surface area contributed by atoms with Gasteiger partial charge in [-0.25, -0.2) is 4.98 Å². The summed E-state index contributed by atoms with van der Waals surface area (Å²) in [6, 6.07) is 9.90. The Balaban J connectivity index is 1.59. The zero-order valence-electron chi connectivity index (χ0n) is 18.5. The van der Waals surface area contributed by atoms with E-state index in [4.69, 9.17) is 10.2 Å². The SMILES string of the molecule is CC(C)Nc1cccnc1N1CCN(C(=O)c2ccc(C(=O)NC(CO)CO)cc2)CC1. The van der Waals surface area contributed by atoms with Gasteiger partial charge in [0.2, 0.25) is 0 Å². The van der Waals surface area contributed by atoms with Crippen LogP contribution in [0.2, 0.25) is 0 Å². The number of nitrogens with one attached hydrogen (secondary N) is 2. The van der Waals surface area contributed by atoms with E-state index in [1.807, 2.05) is 12.1 Å². The lowest BCUT2D eigenvalue weighted by Crippen LogP contribution is -2.49. The van der Waals surface area contributed by atoms with Crippen molar-refractivity contribution >= 4 is 23.3 Å². The van der Waals surface area contributed by atoms with Gasteiger partial charge in [0.15, 0.2) is 5.82 Å². The molecule has 0 radical (unpaired) electrons. The van der Waals surface area contributed by atoms with Crippen LogP contribution in [0, 0.1) is 0 Å². The van der Waals surface area contributed by atoms with E-state index in [1.54, 1.807) is 35.4 Å². The van der Waals surface area contributed by atoms with Gasteiger partial charge in [-0.05, 0) is 50.2 Å². The molecule has 0 bridgehead atoms. The third-order valence-corrected chi connectivity index (χ3v) is 5.27. The third-order valence-electron chi connectivity index (χ3n) is 5.27. The number of amides is 2. The van der Waals surface area contributed by atoms with E-state index >= 15 is 0 Å². The molecule has 3 rings (SSSR count). The van der Waals surface area contributed by atoms with Gasteiger partial charge in [-0.2, -0.15) is 0 Å². The fourth-order valence-corrected chi connectivity index (χ4v) is 3.56. The highest BCUT2D eigenvalue weighted by atomic mass is 16.3. The first-order valence-electron chi connectivity index (χ1n) is 10.8. The van der Waals surface area contributed by atoms with Crippen LogP contribution >= 0.6 is 0 Å². The van der Waals surface area contributed by atoms with Crippen LogP contribution in [0.25, 0.3) is 0 Å². The number of anilines is 2. The molecule has 1 aromatic carbocycles. The van der Waals surface area contributed by atoms with Crippen molar-refractivity contribution < 1.29 is 19.8 Å². The van der Waals surface area contributed by atoms with Crippen LogP contribution in [-0.2, 0) is 0 Å². The van der Waals surface area contributed by atoms with Crippen molar-refractivity contribution in [1.29, 1.82) is 0 Å². The first-order valence-corrected chi connectivity index (χ1v) is 10.8. The Morgan fingerprint density at radius 2 is 1.62 bits per heavy atom. The predicted molar refractivity (Wildman–Crippen MR) is 123 cm³/mol. The molecular weight excluding hydrogens is 410 g/mol. The Labute approximate surface area is 188 Å². The van der Waals surface area contributed by atoms with Gasteiger partial charge in [0.1, 0.15) is 0 Å². The summed E-state index contributed by atoms with van der Waals surface area (Å²) in [6.07, 6.45) is 1.78. The Bertz CT molecular complexity index is 907. The van der Waals surface area contributed by atoms with E-state index in [0.29, 0.717) is 43.3 Å². The van der Waals surface area contributed by atoms with E-state index in [0.717, 1.165) is 11.5 Å². The summed E-state index contributed by atoms with van der Waals surface area (Å²) in [6.45, 7) is 5.98. The molecule has 0 atom stereocenters. The molecule has 0 spiro atoms. The number of benzene rings is 1. The summed E-state index contributed by atoms with van der Waals surface area (Å²) in [5.74, 6) is 0.404. The normalized spacial score (nSPS) is 14.1. The predicted octanol–water partition coefficient (Wildman–Crippen LogP) is 0.947. The first kappa shape index (κ1) is 23.5. The fraction of sp³-hybridized carbons (Fsp3) is 0.435. The molecule has 1 fully saturated rings. The number of aliphatic hydroxyl groups is 2. The molecule has 4 N–H and O–H groups in total. The molecule has 1 aromatic heterocycles. The van der Waals surface area contributed by atoms with E-state index in [9.17, 15) is 9.59 Å². The summed E-state index contributed by atoms with van der Waals surface area (Å²) >= 11 is 0. The second kappa shape index (κ2) is 10.9. The van der Waals surface area contributed by atoms with Gasteiger partial charge >= 0.3 is 0 Å². The van der Waals surface area contributed by atoms with Crippen molar-refractivity contribution in [1.82, 2.24) is 15.2 Å². The van der Waals surface area contributed by atoms with Gasteiger partial charge in [-0.3, -0.25) is 9.59 Å². The molecule has 32 heavy (non-hydrogen) atoms. The maximum Gasteiger partial charge on any atom is 0.253 e. The highest BCUT2D eigenvalue weighted by Gasteiger charge is 2.24. The average Bonchev–Trinajstić information content (AvgIpc) is 2.82. The van der Waals surface area contributed by atoms with Gasteiger partial charge in [0.05, 0.1) is 24.9 Å². The molecule has 9 heteroatoms. The van der Waals surface area contributed by atoms with E-state index in [1.165, 1.54) is 0 Å². The van der Waals surface area contributed by atoms with E-state index < -0.39 is 11.9 Å². The van der Waals surface area contributed by atoms with Gasteiger partial charge < -0.3 is 30.6 Å². The van der Waals surface area contributed by atoms with Crippen LogP contribution in [0.4, 0.5) is 11.5 Å². The maximum atomic E-state index is 12.9. The number of carbonyl (C=O) groups excluding carboxylic acids is 2. The second-order valence-electron chi connectivity index (χ2n) is 8.07. The van der Waals surface area contributed by atoms with Gasteiger partial charge in [-0.15, -0.1) is 0 Å². The lowest BCUT2D eigenvalue weighted by atomic mass is 10.1. The molecule has 2 aromatic rings. The summed E-state index contributed by atoms with van der Waals surface area (Å²) in [5, 5.41) is 24.1. The number of nitrogens with zero attached hydrogens (tertiary/aromatic N) is 3. The Hall–Kier alpha value is -3.17. The van der Waals surface area contributed by atoms with Gasteiger partial charge in [0, 0.05) is 49.5 Å². The van der Waals surface area contributed by atoms with Crippen LogP contribution in [0.3, 0.4) is 0 Å². The van der Waals surface area contributed by atoms with Crippen molar-refractivity contribution in [2.24, 2.45) is 0 Å². The molecule has 2 heterocycles. The standard InChI is InChI=1S/C23H31N5O4/c1-16(2)25-20-4-3-9-24-21(20)27-10-12-28(13-11-27)23(32)18-7-5-17(6-8-18)22(31)26-19(14-29)15-30/h3-9,16,19,25,29-30H,10-15H2,1-2H3,(H,26,31). The number of aliphatic hydroxyl groups excluding tert-OH is 2. The molecule has 2 amide bonds. The van der Waals surface area contributed by atoms with E-state index in [2.05, 4.69) is 34.4 Å². The van der Waals surface area contributed by atoms with Crippen molar-refractivity contribution in [3.63, 3.8) is 0 Å². The van der Waals surface area contributed by atoms with Crippen LogP contribution < -0.4 is 15.5 Å². The smallest absolute Gasteiger partial charge is 0.253 e. The Kier molecular flexibility index (Phi) is 8.02.